The zero-order valence-corrected chi connectivity index (χ0v) is 29.3. The maximum Gasteiger partial charge on any atom is 0.260 e. The smallest absolute Gasteiger partial charge is 0.260 e. The van der Waals surface area contributed by atoms with E-state index in [1.54, 1.807) is 84.9 Å². The first-order valence-corrected chi connectivity index (χ1v) is 17.6. The number of nitrogens with one attached hydrogen (secondary N) is 1. The van der Waals surface area contributed by atoms with Crippen molar-refractivity contribution in [3.8, 4) is 11.5 Å². The Morgan fingerprint density at radius 1 is 0.824 bits per heavy atom. The molecule has 8 rings (SSSR count). The Labute approximate surface area is 308 Å². The topological polar surface area (TPSA) is 116 Å². The van der Waals surface area contributed by atoms with E-state index in [9.17, 15) is 19.5 Å². The highest BCUT2D eigenvalue weighted by Crippen LogP contribution is 2.65. The second kappa shape index (κ2) is 12.4. The fourth-order valence-corrected chi connectivity index (χ4v) is 9.34. The molecule has 12 heteroatoms. The van der Waals surface area contributed by atoms with Crippen LogP contribution in [-0.2, 0) is 24.6 Å². The average molecular weight is 743 g/mol. The molecule has 2 heterocycles. The fraction of sp³-hybridized carbons (Fsp3) is 0.231. The quantitative estimate of drug-likeness (QED) is 0.155. The van der Waals surface area contributed by atoms with Crippen LogP contribution in [0.2, 0.25) is 15.1 Å². The molecule has 3 fully saturated rings. The Morgan fingerprint density at radius 2 is 1.53 bits per heavy atom. The molecule has 9 nitrogen and oxygen atoms in total. The lowest BCUT2D eigenvalue weighted by Crippen LogP contribution is -2.53. The highest BCUT2D eigenvalue weighted by Gasteiger charge is 2.70. The van der Waals surface area contributed by atoms with Gasteiger partial charge in [-0.1, -0.05) is 76.8 Å². The minimum Gasteiger partial charge on any atom is -0.508 e. The number of methoxy groups -OCH3 is 1. The van der Waals surface area contributed by atoms with Gasteiger partial charge in [0.05, 0.1) is 46.7 Å². The number of halogens is 3. The summed E-state index contributed by atoms with van der Waals surface area (Å²) in [5, 5.41) is 13.5. The number of carbonyl (C=O) groups is 4. The molecule has 0 radical (unpaired) electrons. The highest BCUT2D eigenvalue weighted by atomic mass is 35.5. The molecule has 1 saturated carbocycles. The second-order valence-electron chi connectivity index (χ2n) is 13.3. The van der Waals surface area contributed by atoms with Gasteiger partial charge in [-0.15, -0.1) is 0 Å². The third kappa shape index (κ3) is 4.97. The molecule has 4 aromatic rings. The number of hydrogen-bond acceptors (Lipinski definition) is 7. The molecule has 51 heavy (non-hydrogen) atoms. The van der Waals surface area contributed by atoms with Crippen molar-refractivity contribution in [2.24, 2.45) is 23.7 Å². The first-order valence-electron chi connectivity index (χ1n) is 16.4. The van der Waals surface area contributed by atoms with Crippen LogP contribution in [0.15, 0.2) is 103 Å². The molecule has 6 unspecified atom stereocenters. The molecule has 4 amide bonds. The van der Waals surface area contributed by atoms with Gasteiger partial charge in [0, 0.05) is 21.5 Å². The Morgan fingerprint density at radius 3 is 2.22 bits per heavy atom. The maximum absolute atomic E-state index is 15.3. The molecule has 2 aliphatic carbocycles. The number of para-hydroxylation sites is 1. The van der Waals surface area contributed by atoms with Crippen LogP contribution in [-0.4, -0.2) is 40.9 Å². The van der Waals surface area contributed by atoms with Gasteiger partial charge >= 0.3 is 0 Å². The van der Waals surface area contributed by atoms with Crippen LogP contribution in [0.25, 0.3) is 0 Å². The van der Waals surface area contributed by atoms with Gasteiger partial charge in [-0.25, -0.2) is 0 Å². The average Bonchev–Trinajstić information content (AvgIpc) is 3.51. The van der Waals surface area contributed by atoms with E-state index in [1.807, 2.05) is 6.08 Å². The lowest BCUT2D eigenvalue weighted by Gasteiger charge is -2.50. The van der Waals surface area contributed by atoms with E-state index in [4.69, 9.17) is 39.5 Å². The number of fused-ring (bicyclic) bond motifs is 4. The lowest BCUT2D eigenvalue weighted by molar-refractivity contribution is -0.138. The van der Waals surface area contributed by atoms with Crippen LogP contribution in [0.4, 0.5) is 11.4 Å². The third-order valence-electron chi connectivity index (χ3n) is 10.9. The van der Waals surface area contributed by atoms with Crippen molar-refractivity contribution in [1.82, 2.24) is 5.01 Å². The van der Waals surface area contributed by atoms with Crippen LogP contribution in [0, 0.1) is 23.7 Å². The number of imide groups is 2. The van der Waals surface area contributed by atoms with Gasteiger partial charge in [-0.05, 0) is 85.0 Å². The van der Waals surface area contributed by atoms with E-state index in [0.717, 1.165) is 10.6 Å². The predicted octanol–water partition coefficient (Wildman–Crippen LogP) is 7.55. The number of anilines is 2. The number of aromatic hydroxyl groups is 1. The van der Waals surface area contributed by atoms with Crippen LogP contribution >= 0.6 is 34.8 Å². The standard InChI is InChI=1S/C39H30Cl3N3O6/c1-51-24-13-6-20(7-14-24)39-29(36(48)45(38(39)50)43-31-17-10-22(41)18-30(31)42)19-28-25(34(39)26-4-2-3-5-32(26)46)15-16-27-33(28)37(49)44(35(27)47)23-11-8-21(40)9-12-23/h2-15,17-18,27-29,33-34,43,46H,16,19H2,1H3. The summed E-state index contributed by atoms with van der Waals surface area (Å²) in [7, 11) is 1.54. The van der Waals surface area contributed by atoms with Crippen molar-refractivity contribution >= 4 is 69.8 Å². The zero-order valence-electron chi connectivity index (χ0n) is 27.1. The number of rotatable bonds is 6. The van der Waals surface area contributed by atoms with Gasteiger partial charge < -0.3 is 9.84 Å². The van der Waals surface area contributed by atoms with Crippen molar-refractivity contribution in [3.05, 3.63) is 129 Å². The third-order valence-corrected chi connectivity index (χ3v) is 11.7. The first-order chi connectivity index (χ1) is 24.6. The Balaban J connectivity index is 1.33. The van der Waals surface area contributed by atoms with E-state index >= 15 is 4.79 Å². The van der Waals surface area contributed by atoms with Crippen LogP contribution in [0.3, 0.4) is 0 Å². The van der Waals surface area contributed by atoms with Crippen molar-refractivity contribution < 1.29 is 29.0 Å². The SMILES string of the molecule is COc1ccc(C23C(=O)N(Nc4ccc(Cl)cc4Cl)C(=O)C2CC2C(=CCC4C(=O)N(c5ccc(Cl)cc5)C(=O)C42)C3c2ccccc2O)cc1. The molecule has 2 N–H and O–H groups in total. The van der Waals surface area contributed by atoms with Gasteiger partial charge in [0.15, 0.2) is 0 Å². The summed E-state index contributed by atoms with van der Waals surface area (Å²) in [6.45, 7) is 0. The van der Waals surface area contributed by atoms with E-state index in [0.29, 0.717) is 32.6 Å². The van der Waals surface area contributed by atoms with E-state index in [-0.39, 0.29) is 41.1 Å². The van der Waals surface area contributed by atoms with Gasteiger partial charge in [0.2, 0.25) is 11.8 Å². The number of phenols is 1. The number of allylic oxidation sites excluding steroid dienone is 2. The second-order valence-corrected chi connectivity index (χ2v) is 14.5. The lowest BCUT2D eigenvalue weighted by atomic mass is 9.49. The van der Waals surface area contributed by atoms with Crippen molar-refractivity contribution in [3.63, 3.8) is 0 Å². The number of nitrogens with zero attached hydrogens (tertiary/aromatic N) is 2. The number of hydrazine groups is 1. The summed E-state index contributed by atoms with van der Waals surface area (Å²) in [6, 6.07) is 24.9. The highest BCUT2D eigenvalue weighted by molar-refractivity contribution is 6.36. The van der Waals surface area contributed by atoms with Gasteiger partial charge in [0.25, 0.3) is 11.8 Å². The summed E-state index contributed by atoms with van der Waals surface area (Å²) in [6.07, 6.45) is 2.27. The first kappa shape index (κ1) is 33.3. The van der Waals surface area contributed by atoms with Crippen molar-refractivity contribution in [1.29, 1.82) is 0 Å². The predicted molar refractivity (Wildman–Crippen MR) is 193 cm³/mol. The number of phenolic OH excluding ortho intramolecular Hbond substituents is 1. The summed E-state index contributed by atoms with van der Waals surface area (Å²) in [5.41, 5.74) is 3.76. The molecule has 6 atom stereocenters. The molecule has 0 aromatic heterocycles. The number of amides is 4. The summed E-state index contributed by atoms with van der Waals surface area (Å²) in [5.74, 6) is -5.30. The molecule has 0 spiro atoms. The molecule has 0 bridgehead atoms. The number of carbonyl (C=O) groups excluding carboxylic acids is 4. The van der Waals surface area contributed by atoms with E-state index in [1.165, 1.54) is 18.1 Å². The summed E-state index contributed by atoms with van der Waals surface area (Å²) >= 11 is 18.8. The monoisotopic (exact) mass is 741 g/mol. The van der Waals surface area contributed by atoms with Gasteiger partial charge in [-0.2, -0.15) is 5.01 Å². The Kier molecular flexibility index (Phi) is 8.13. The largest absolute Gasteiger partial charge is 0.508 e. The summed E-state index contributed by atoms with van der Waals surface area (Å²) < 4.78 is 5.44. The van der Waals surface area contributed by atoms with Gasteiger partial charge in [0.1, 0.15) is 11.5 Å². The Hall–Kier alpha value is -4.83. The van der Waals surface area contributed by atoms with Gasteiger partial charge in [-0.3, -0.25) is 29.5 Å². The maximum atomic E-state index is 15.3. The van der Waals surface area contributed by atoms with Crippen LogP contribution < -0.4 is 15.1 Å². The van der Waals surface area contributed by atoms with E-state index in [2.05, 4.69) is 5.43 Å². The van der Waals surface area contributed by atoms with Crippen LogP contribution in [0.5, 0.6) is 11.5 Å². The summed E-state index contributed by atoms with van der Waals surface area (Å²) in [4.78, 5) is 59.7. The molecule has 2 aliphatic heterocycles. The van der Waals surface area contributed by atoms with Crippen molar-refractivity contribution in [2.45, 2.75) is 24.2 Å². The molecular formula is C39H30Cl3N3O6. The number of hydrogen-bond donors (Lipinski definition) is 2. The zero-order chi connectivity index (χ0) is 35.8. The molecule has 2 saturated heterocycles. The molecule has 4 aromatic carbocycles. The number of ether oxygens (including phenoxy) is 1. The molecule has 4 aliphatic rings. The Bertz CT molecular complexity index is 2160. The minimum absolute atomic E-state index is 0.0678. The normalized spacial score (nSPS) is 26.8. The molecule has 258 valence electrons. The van der Waals surface area contributed by atoms with E-state index < -0.39 is 46.8 Å². The molecular weight excluding hydrogens is 713 g/mol. The number of benzene rings is 4. The van der Waals surface area contributed by atoms with Crippen LogP contribution in [0.1, 0.15) is 29.9 Å². The minimum atomic E-state index is -1.58. The fourth-order valence-electron chi connectivity index (χ4n) is 8.76. The van der Waals surface area contributed by atoms with Crippen molar-refractivity contribution in [2.75, 3.05) is 17.4 Å².